The van der Waals surface area contributed by atoms with Gasteiger partial charge in [-0.3, -0.25) is 4.79 Å². The minimum atomic E-state index is -0.0499. The van der Waals surface area contributed by atoms with Gasteiger partial charge in [-0.05, 0) is 83.9 Å². The number of anilines is 2. The second kappa shape index (κ2) is 8.67. The van der Waals surface area contributed by atoms with Crippen LogP contribution in [0.5, 0.6) is 0 Å². The van der Waals surface area contributed by atoms with Gasteiger partial charge in [0.1, 0.15) is 0 Å². The van der Waals surface area contributed by atoms with Gasteiger partial charge in [0.2, 0.25) is 0 Å². The van der Waals surface area contributed by atoms with Crippen molar-refractivity contribution >= 4 is 17.3 Å². The largest absolute Gasteiger partial charge is 0.378 e. The van der Waals surface area contributed by atoms with Crippen LogP contribution in [0.2, 0.25) is 0 Å². The van der Waals surface area contributed by atoms with Gasteiger partial charge < -0.3 is 10.6 Å². The third-order valence-electron chi connectivity index (χ3n) is 8.77. The Morgan fingerprint density at radius 3 is 2.33 bits per heavy atom. The molecule has 0 spiro atoms. The number of carbonyl (C=O) groups is 1. The van der Waals surface area contributed by atoms with E-state index in [9.17, 15) is 4.79 Å². The molecule has 2 saturated carbocycles. The first kappa shape index (κ1) is 21.4. The van der Waals surface area contributed by atoms with Gasteiger partial charge in [0, 0.05) is 22.5 Å². The Bertz CT molecular complexity index is 1410. The summed E-state index contributed by atoms with van der Waals surface area (Å²) in [6.45, 7) is 0. The van der Waals surface area contributed by atoms with Crippen molar-refractivity contribution in [3.8, 4) is 11.1 Å². The lowest BCUT2D eigenvalue weighted by Crippen LogP contribution is -2.35. The van der Waals surface area contributed by atoms with Crippen LogP contribution in [-0.2, 0) is 0 Å². The molecule has 4 aromatic carbocycles. The van der Waals surface area contributed by atoms with Crippen LogP contribution < -0.4 is 10.6 Å². The van der Waals surface area contributed by atoms with Crippen molar-refractivity contribution < 1.29 is 4.79 Å². The zero-order valence-corrected chi connectivity index (χ0v) is 20.2. The molecule has 1 amide bonds. The molecule has 3 nitrogen and oxygen atoms in total. The number of rotatable bonds is 4. The number of fused-ring (bicyclic) bond motifs is 7. The Balaban J connectivity index is 1.22. The molecule has 3 aliphatic rings. The van der Waals surface area contributed by atoms with Crippen molar-refractivity contribution in [1.29, 1.82) is 0 Å². The van der Waals surface area contributed by atoms with E-state index in [2.05, 4.69) is 71.3 Å². The predicted octanol–water partition coefficient (Wildman–Crippen LogP) is 7.90. The van der Waals surface area contributed by atoms with Crippen LogP contribution in [0.1, 0.15) is 52.7 Å². The van der Waals surface area contributed by atoms with E-state index in [1.54, 1.807) is 0 Å². The third kappa shape index (κ3) is 3.53. The molecule has 0 saturated heterocycles. The third-order valence-corrected chi connectivity index (χ3v) is 8.77. The van der Waals surface area contributed by atoms with Gasteiger partial charge in [0.05, 0.1) is 6.04 Å². The highest BCUT2D eigenvalue weighted by molar-refractivity contribution is 6.06. The average molecular weight is 471 g/mol. The number of para-hydroxylation sites is 1. The normalized spacial score (nSPS) is 25.5. The first-order chi connectivity index (χ1) is 17.8. The first-order valence-corrected chi connectivity index (χ1v) is 13.2. The average Bonchev–Trinajstić information content (AvgIpc) is 3.57. The smallest absolute Gasteiger partial charge is 0.255 e. The summed E-state index contributed by atoms with van der Waals surface area (Å²) in [5.41, 5.74) is 7.61. The molecule has 0 aromatic heterocycles. The van der Waals surface area contributed by atoms with Gasteiger partial charge in [-0.1, -0.05) is 78.9 Å². The molecule has 3 heteroatoms. The van der Waals surface area contributed by atoms with E-state index < -0.39 is 0 Å². The summed E-state index contributed by atoms with van der Waals surface area (Å²) >= 11 is 0. The first-order valence-electron chi connectivity index (χ1n) is 13.2. The summed E-state index contributed by atoms with van der Waals surface area (Å²) in [6.07, 6.45) is 3.97. The minimum Gasteiger partial charge on any atom is -0.378 e. The van der Waals surface area contributed by atoms with Crippen molar-refractivity contribution in [3.63, 3.8) is 0 Å². The van der Waals surface area contributed by atoms with Crippen LogP contribution in [0.4, 0.5) is 11.4 Å². The molecule has 2 N–H and O–H groups in total. The van der Waals surface area contributed by atoms with Gasteiger partial charge in [-0.2, -0.15) is 0 Å². The number of amides is 1. The maximum absolute atomic E-state index is 13.5. The van der Waals surface area contributed by atoms with E-state index in [0.29, 0.717) is 17.9 Å². The second-order valence-electron chi connectivity index (χ2n) is 10.6. The topological polar surface area (TPSA) is 41.1 Å². The highest BCUT2D eigenvalue weighted by atomic mass is 16.1. The van der Waals surface area contributed by atoms with Gasteiger partial charge in [-0.15, -0.1) is 0 Å². The SMILES string of the molecule is O=C(Nc1ccccc1-c1ccccc1)c1ccc2c(c1)[C@@H]1[C@H]3CC[C@@H](C3)[C@@H]1[C@H](c1ccccc1)N2. The zero-order valence-electron chi connectivity index (χ0n) is 20.2. The van der Waals surface area contributed by atoms with E-state index in [1.165, 1.54) is 36.1 Å². The molecule has 36 heavy (non-hydrogen) atoms. The van der Waals surface area contributed by atoms with E-state index in [1.807, 2.05) is 42.5 Å². The number of benzene rings is 4. The van der Waals surface area contributed by atoms with Crippen molar-refractivity contribution in [2.24, 2.45) is 17.8 Å². The van der Waals surface area contributed by atoms with Crippen LogP contribution in [0.25, 0.3) is 11.1 Å². The van der Waals surface area contributed by atoms with Crippen LogP contribution in [0.3, 0.4) is 0 Å². The Kier molecular flexibility index (Phi) is 5.16. The van der Waals surface area contributed by atoms with Crippen molar-refractivity contribution in [2.75, 3.05) is 10.6 Å². The lowest BCUT2D eigenvalue weighted by molar-refractivity contribution is 0.102. The zero-order chi connectivity index (χ0) is 24.1. The van der Waals surface area contributed by atoms with Gasteiger partial charge in [0.15, 0.2) is 0 Å². The minimum absolute atomic E-state index is 0.0499. The van der Waals surface area contributed by atoms with Crippen molar-refractivity contribution in [2.45, 2.75) is 31.2 Å². The monoisotopic (exact) mass is 470 g/mol. The molecule has 0 radical (unpaired) electrons. The molecular weight excluding hydrogens is 440 g/mol. The molecule has 7 rings (SSSR count). The number of hydrogen-bond acceptors (Lipinski definition) is 2. The van der Waals surface area contributed by atoms with E-state index in [0.717, 1.165) is 34.2 Å². The lowest BCUT2D eigenvalue weighted by Gasteiger charge is -2.43. The van der Waals surface area contributed by atoms with E-state index in [4.69, 9.17) is 0 Å². The standard InChI is InChI=1S/C33H30N2O/c36-33(35-28-14-8-7-13-26(28)21-9-3-1-4-10-21)25-17-18-29-27(20-25)30-23-15-16-24(19-23)31(30)32(34-29)22-11-5-2-6-12-22/h1-14,17-18,20,23-24,30-32,34H,15-16,19H2,(H,35,36)/t23-,24-,30-,31-,32-/m0/s1. The van der Waals surface area contributed by atoms with Crippen molar-refractivity contribution in [1.82, 2.24) is 0 Å². The summed E-state index contributed by atoms with van der Waals surface area (Å²) in [7, 11) is 0. The number of hydrogen-bond donors (Lipinski definition) is 2. The van der Waals surface area contributed by atoms with Crippen LogP contribution in [0, 0.1) is 17.8 Å². The predicted molar refractivity (Wildman–Crippen MR) is 146 cm³/mol. The van der Waals surface area contributed by atoms with Crippen LogP contribution in [-0.4, -0.2) is 5.91 Å². The fraction of sp³-hybridized carbons (Fsp3) is 0.242. The molecule has 178 valence electrons. The van der Waals surface area contributed by atoms with E-state index >= 15 is 0 Å². The highest BCUT2D eigenvalue weighted by Crippen LogP contribution is 2.63. The molecular formula is C33H30N2O. The van der Waals surface area contributed by atoms with Crippen LogP contribution in [0.15, 0.2) is 103 Å². The summed E-state index contributed by atoms with van der Waals surface area (Å²) in [5, 5.41) is 7.09. The Morgan fingerprint density at radius 1 is 0.778 bits per heavy atom. The van der Waals surface area contributed by atoms with Gasteiger partial charge >= 0.3 is 0 Å². The van der Waals surface area contributed by atoms with Gasteiger partial charge in [-0.25, -0.2) is 0 Å². The van der Waals surface area contributed by atoms with Crippen molar-refractivity contribution in [3.05, 3.63) is 120 Å². The Labute approximate surface area is 212 Å². The van der Waals surface area contributed by atoms with Crippen LogP contribution >= 0.6 is 0 Å². The fourth-order valence-electron chi connectivity index (χ4n) is 7.27. The van der Waals surface area contributed by atoms with Gasteiger partial charge in [0.25, 0.3) is 5.91 Å². The van der Waals surface area contributed by atoms with E-state index in [-0.39, 0.29) is 5.91 Å². The Morgan fingerprint density at radius 2 is 1.50 bits per heavy atom. The summed E-state index contributed by atoms with van der Waals surface area (Å²) < 4.78 is 0. The number of carbonyl (C=O) groups excluding carboxylic acids is 1. The maximum atomic E-state index is 13.5. The summed E-state index contributed by atoms with van der Waals surface area (Å²) in [4.78, 5) is 13.5. The number of nitrogens with one attached hydrogen (secondary N) is 2. The molecule has 1 heterocycles. The molecule has 2 bridgehead atoms. The molecule has 4 aromatic rings. The summed E-state index contributed by atoms with van der Waals surface area (Å²) in [6, 6.07) is 35.8. The molecule has 1 aliphatic heterocycles. The molecule has 5 atom stereocenters. The maximum Gasteiger partial charge on any atom is 0.255 e. The highest BCUT2D eigenvalue weighted by Gasteiger charge is 2.53. The lowest BCUT2D eigenvalue weighted by atomic mass is 9.68. The second-order valence-corrected chi connectivity index (χ2v) is 10.6. The quantitative estimate of drug-likeness (QED) is 0.318. The summed E-state index contributed by atoms with van der Waals surface area (Å²) in [5.74, 6) is 2.56. The molecule has 2 aliphatic carbocycles. The Hall–Kier alpha value is -3.85. The molecule has 0 unspecified atom stereocenters. The fourth-order valence-corrected chi connectivity index (χ4v) is 7.27. The molecule has 2 fully saturated rings.